The Morgan fingerprint density at radius 2 is 1.29 bits per heavy atom. The summed E-state index contributed by atoms with van der Waals surface area (Å²) in [6, 6.07) is 12.7. The van der Waals surface area contributed by atoms with Gasteiger partial charge in [0.25, 0.3) is 0 Å². The van der Waals surface area contributed by atoms with Gasteiger partial charge < -0.3 is 30.4 Å². The summed E-state index contributed by atoms with van der Waals surface area (Å²) in [6.07, 6.45) is 1.78. The fourth-order valence-corrected chi connectivity index (χ4v) is 5.46. The van der Waals surface area contributed by atoms with Crippen LogP contribution in [0.2, 0.25) is 5.02 Å². The maximum Gasteiger partial charge on any atom is 0.328 e. The molecule has 2 aromatic carbocycles. The van der Waals surface area contributed by atoms with Crippen LogP contribution in [0.5, 0.6) is 0 Å². The lowest BCUT2D eigenvalue weighted by molar-refractivity contribution is -0.134. The van der Waals surface area contributed by atoms with Crippen molar-refractivity contribution < 1.29 is 44.7 Å². The molecule has 0 bridgehead atoms. The second-order valence-electron chi connectivity index (χ2n) is 9.43. The molecule has 0 aliphatic carbocycles. The van der Waals surface area contributed by atoms with Crippen LogP contribution in [0.15, 0.2) is 70.5 Å². The summed E-state index contributed by atoms with van der Waals surface area (Å²) < 4.78 is 0. The summed E-state index contributed by atoms with van der Waals surface area (Å²) in [6.45, 7) is 7.26. The molecule has 2 aliphatic rings. The Bertz CT molecular complexity index is 1270. The summed E-state index contributed by atoms with van der Waals surface area (Å²) in [7, 11) is 2.19. The van der Waals surface area contributed by atoms with Crippen molar-refractivity contribution >= 4 is 47.2 Å². The summed E-state index contributed by atoms with van der Waals surface area (Å²) in [4.78, 5) is 45.8. The van der Waals surface area contributed by atoms with E-state index in [4.69, 9.17) is 32.0 Å². The molecule has 4 rings (SSSR count). The third kappa shape index (κ3) is 11.7. The van der Waals surface area contributed by atoms with Gasteiger partial charge in [0.15, 0.2) is 0 Å². The monoisotopic (exact) mass is 620 g/mol. The number of piperazine rings is 1. The number of carboxylic acid groups (broad SMARTS) is 4. The first-order chi connectivity index (χ1) is 19.8. The first-order valence-corrected chi connectivity index (χ1v) is 13.9. The molecule has 0 radical (unpaired) electrons. The van der Waals surface area contributed by atoms with Gasteiger partial charge in [-0.05, 0) is 54.9 Å². The maximum absolute atomic E-state index is 10.1. The Morgan fingerprint density at radius 3 is 1.74 bits per heavy atom. The number of carbonyl (C=O) groups is 4. The molecule has 42 heavy (non-hydrogen) atoms. The van der Waals surface area contributed by atoms with Crippen LogP contribution >= 0.6 is 23.4 Å². The predicted molar refractivity (Wildman–Crippen MR) is 157 cm³/mol. The highest BCUT2D eigenvalue weighted by molar-refractivity contribution is 7.99. The van der Waals surface area contributed by atoms with Crippen molar-refractivity contribution in [1.29, 1.82) is 0 Å². The Balaban J connectivity index is 0.000000319. The van der Waals surface area contributed by atoms with Crippen molar-refractivity contribution in [2.24, 2.45) is 0 Å². The Morgan fingerprint density at radius 1 is 0.833 bits per heavy atom. The van der Waals surface area contributed by atoms with E-state index in [1.807, 2.05) is 30.8 Å². The minimum absolute atomic E-state index is 0.294. The van der Waals surface area contributed by atoms with Crippen molar-refractivity contribution in [2.75, 3.05) is 39.8 Å². The van der Waals surface area contributed by atoms with Crippen LogP contribution < -0.4 is 0 Å². The highest BCUT2D eigenvalue weighted by atomic mass is 35.5. The fourth-order valence-electron chi connectivity index (χ4n) is 4.13. The number of hydrogen-bond acceptors (Lipinski definition) is 8. The standard InChI is InChI=1S/C21H25ClN2OS.2C4H4O4/c1-14(25)15-3-5-20-17(11-15)19(13-24-9-7-23(2)8-10-24)18-12-16(22)4-6-21(18)26-20;2*5-3(6)1-2-4(7)8/h3-6,11-12,14,19,25H,7-10,13H2,1-2H3;2*1-2H,(H,5,6)(H,7,8)/b;2*2-1-. The van der Waals surface area contributed by atoms with Crippen LogP contribution in [-0.2, 0) is 19.2 Å². The van der Waals surface area contributed by atoms with Crippen LogP contribution in [-0.4, -0.2) is 99.0 Å². The number of aliphatic hydroxyl groups is 1. The van der Waals surface area contributed by atoms with E-state index in [0.29, 0.717) is 30.2 Å². The van der Waals surface area contributed by atoms with Gasteiger partial charge in [-0.3, -0.25) is 4.90 Å². The van der Waals surface area contributed by atoms with E-state index in [9.17, 15) is 24.3 Å². The van der Waals surface area contributed by atoms with E-state index < -0.39 is 30.0 Å². The number of aliphatic carboxylic acids is 4. The van der Waals surface area contributed by atoms with Crippen molar-refractivity contribution in [2.45, 2.75) is 28.7 Å². The van der Waals surface area contributed by atoms with E-state index in [1.165, 1.54) is 20.9 Å². The summed E-state index contributed by atoms with van der Waals surface area (Å²) >= 11 is 8.15. The molecule has 13 heteroatoms. The number of hydrogen-bond donors (Lipinski definition) is 5. The molecule has 1 saturated heterocycles. The molecule has 0 amide bonds. The topological polar surface area (TPSA) is 176 Å². The molecule has 226 valence electrons. The average Bonchev–Trinajstić information content (AvgIpc) is 2.92. The molecule has 1 fully saturated rings. The van der Waals surface area contributed by atoms with E-state index in [-0.39, 0.29) is 0 Å². The van der Waals surface area contributed by atoms with Crippen LogP contribution in [0, 0.1) is 0 Å². The van der Waals surface area contributed by atoms with Crippen molar-refractivity contribution in [1.82, 2.24) is 9.80 Å². The second kappa shape index (κ2) is 16.7. The number of halogens is 1. The van der Waals surface area contributed by atoms with Crippen molar-refractivity contribution in [3.8, 4) is 0 Å². The highest BCUT2D eigenvalue weighted by Crippen LogP contribution is 2.47. The molecule has 0 aromatic heterocycles. The molecule has 0 spiro atoms. The molecule has 2 atom stereocenters. The number of rotatable bonds is 7. The van der Waals surface area contributed by atoms with Crippen LogP contribution in [0.3, 0.4) is 0 Å². The zero-order valence-corrected chi connectivity index (χ0v) is 24.6. The zero-order valence-electron chi connectivity index (χ0n) is 23.0. The minimum atomic E-state index is -1.26. The SMILES string of the molecule is CC(O)c1ccc2c(c1)C(CN1CCN(C)CC1)c1cc(Cl)ccc1S2.O=C(O)/C=C\C(=O)O.O=C(O)/C=C\C(=O)O. The third-order valence-corrected chi connectivity index (χ3v) is 7.65. The first-order valence-electron chi connectivity index (χ1n) is 12.7. The molecular weight excluding hydrogens is 588 g/mol. The van der Waals surface area contributed by atoms with Crippen molar-refractivity contribution in [3.63, 3.8) is 0 Å². The maximum atomic E-state index is 10.1. The van der Waals surface area contributed by atoms with Gasteiger partial charge in [0, 0.05) is 77.8 Å². The molecule has 0 saturated carbocycles. The lowest BCUT2D eigenvalue weighted by Crippen LogP contribution is -2.46. The van der Waals surface area contributed by atoms with E-state index in [0.717, 1.165) is 43.3 Å². The average molecular weight is 621 g/mol. The number of likely N-dealkylation sites (N-methyl/N-ethyl adjacent to an activating group) is 1. The third-order valence-electron chi connectivity index (χ3n) is 6.23. The fraction of sp³-hybridized carbons (Fsp3) is 0.310. The minimum Gasteiger partial charge on any atom is -0.478 e. The number of nitrogens with zero attached hydrogens (tertiary/aromatic N) is 2. The largest absolute Gasteiger partial charge is 0.478 e. The lowest BCUT2D eigenvalue weighted by Gasteiger charge is -2.37. The molecule has 11 nitrogen and oxygen atoms in total. The van der Waals surface area contributed by atoms with Crippen LogP contribution in [0.25, 0.3) is 0 Å². The van der Waals surface area contributed by atoms with Gasteiger partial charge in [0.2, 0.25) is 0 Å². The molecule has 2 unspecified atom stereocenters. The quantitative estimate of drug-likeness (QED) is 0.284. The van der Waals surface area contributed by atoms with Gasteiger partial charge in [-0.1, -0.05) is 35.5 Å². The van der Waals surface area contributed by atoms with Gasteiger partial charge in [-0.2, -0.15) is 0 Å². The summed E-state index contributed by atoms with van der Waals surface area (Å²) in [5.41, 5.74) is 3.62. The number of fused-ring (bicyclic) bond motifs is 2. The van der Waals surface area contributed by atoms with Crippen LogP contribution in [0.1, 0.15) is 35.6 Å². The van der Waals surface area contributed by atoms with E-state index in [1.54, 1.807) is 0 Å². The summed E-state index contributed by atoms with van der Waals surface area (Å²) in [5.74, 6) is -4.73. The van der Waals surface area contributed by atoms with Gasteiger partial charge in [-0.15, -0.1) is 0 Å². The second-order valence-corrected chi connectivity index (χ2v) is 11.0. The number of benzene rings is 2. The smallest absolute Gasteiger partial charge is 0.328 e. The molecule has 2 heterocycles. The Labute approximate surface area is 252 Å². The molecule has 2 aromatic rings. The number of aliphatic hydroxyl groups excluding tert-OH is 1. The van der Waals surface area contributed by atoms with Gasteiger partial charge in [0.05, 0.1) is 6.10 Å². The molecular formula is C29H33ClN2O9S. The number of carboxylic acids is 4. The molecule has 2 aliphatic heterocycles. The van der Waals surface area contributed by atoms with E-state index in [2.05, 4.69) is 41.1 Å². The van der Waals surface area contributed by atoms with Gasteiger partial charge in [0.1, 0.15) is 0 Å². The van der Waals surface area contributed by atoms with Gasteiger partial charge in [-0.25, -0.2) is 19.2 Å². The van der Waals surface area contributed by atoms with Gasteiger partial charge >= 0.3 is 23.9 Å². The molecule has 5 N–H and O–H groups in total. The Kier molecular flexibility index (Phi) is 13.7. The highest BCUT2D eigenvalue weighted by Gasteiger charge is 2.29. The normalized spacial score (nSPS) is 17.2. The van der Waals surface area contributed by atoms with E-state index >= 15 is 0 Å². The predicted octanol–water partition coefficient (Wildman–Crippen LogP) is 3.66. The first kappa shape index (κ1) is 34.5. The van der Waals surface area contributed by atoms with Crippen molar-refractivity contribution in [3.05, 3.63) is 82.4 Å². The van der Waals surface area contributed by atoms with Crippen LogP contribution in [0.4, 0.5) is 0 Å². The lowest BCUT2D eigenvalue weighted by atomic mass is 9.88. The zero-order chi connectivity index (χ0) is 31.4. The Hall–Kier alpha value is -3.68. The summed E-state index contributed by atoms with van der Waals surface area (Å²) in [5, 5.41) is 42.1.